The Hall–Kier alpha value is -4.85. The van der Waals surface area contributed by atoms with Gasteiger partial charge in [-0.3, -0.25) is 4.79 Å². The number of aromatic nitrogens is 1. The van der Waals surface area contributed by atoms with Crippen LogP contribution in [0.1, 0.15) is 43.2 Å². The number of ether oxygens (including phenoxy) is 2. The normalized spacial score (nSPS) is 10.9. The largest absolute Gasteiger partial charge is 0.493 e. The van der Waals surface area contributed by atoms with Gasteiger partial charge in [0.15, 0.2) is 11.5 Å². The highest BCUT2D eigenvalue weighted by Gasteiger charge is 2.11. The van der Waals surface area contributed by atoms with Crippen LogP contribution in [-0.2, 0) is 6.61 Å². The van der Waals surface area contributed by atoms with E-state index in [1.54, 1.807) is 42.5 Å². The lowest BCUT2D eigenvalue weighted by atomic mass is 10.1. The van der Waals surface area contributed by atoms with Crippen molar-refractivity contribution in [3.63, 3.8) is 0 Å². The highest BCUT2D eigenvalue weighted by molar-refractivity contribution is 5.95. The molecule has 1 aromatic heterocycles. The van der Waals surface area contributed by atoms with Gasteiger partial charge in [-0.1, -0.05) is 18.2 Å². The van der Waals surface area contributed by atoms with Gasteiger partial charge in [-0.05, 0) is 80.1 Å². The van der Waals surface area contributed by atoms with E-state index in [1.807, 2.05) is 26.0 Å². The zero-order valence-corrected chi connectivity index (χ0v) is 20.8. The average Bonchev–Trinajstić information content (AvgIpc) is 3.25. The number of hydrazone groups is 1. The quantitative estimate of drug-likeness (QED) is 0.246. The van der Waals surface area contributed by atoms with Crippen molar-refractivity contribution in [2.24, 2.45) is 5.10 Å². The Morgan fingerprint density at radius 1 is 0.919 bits per heavy atom. The summed E-state index contributed by atoms with van der Waals surface area (Å²) in [5.41, 5.74) is 7.85. The molecule has 37 heavy (non-hydrogen) atoms. The molecule has 0 aliphatic rings. The van der Waals surface area contributed by atoms with Crippen molar-refractivity contribution in [1.29, 1.82) is 0 Å². The van der Waals surface area contributed by atoms with Crippen molar-refractivity contribution in [1.82, 2.24) is 9.99 Å². The third-order valence-corrected chi connectivity index (χ3v) is 5.84. The van der Waals surface area contributed by atoms with Gasteiger partial charge in [-0.2, -0.15) is 5.10 Å². The van der Waals surface area contributed by atoms with E-state index in [0.717, 1.165) is 22.6 Å². The first-order valence-corrected chi connectivity index (χ1v) is 11.6. The standard InChI is InChI=1S/C29H27N3O5/c1-19-7-8-20(2)32(19)25-15-13-22(14-16-25)28(33)31-30-17-24-5-4-6-26(36-3)27(24)37-18-21-9-11-23(12-10-21)29(34)35/h4-17H,18H2,1-3H3,(H,31,33)(H,34,35)/b30-17-. The Labute approximate surface area is 214 Å². The fourth-order valence-electron chi connectivity index (χ4n) is 3.91. The summed E-state index contributed by atoms with van der Waals surface area (Å²) in [5.74, 6) is -0.372. The Morgan fingerprint density at radius 3 is 2.19 bits per heavy atom. The molecule has 0 radical (unpaired) electrons. The van der Waals surface area contributed by atoms with Crippen molar-refractivity contribution in [3.05, 3.63) is 113 Å². The lowest BCUT2D eigenvalue weighted by Gasteiger charge is -2.13. The Kier molecular flexibility index (Phi) is 7.68. The Morgan fingerprint density at radius 2 is 1.57 bits per heavy atom. The molecule has 0 spiro atoms. The number of hydrogen-bond acceptors (Lipinski definition) is 5. The minimum Gasteiger partial charge on any atom is -0.493 e. The number of carbonyl (C=O) groups excluding carboxylic acids is 1. The Bertz CT molecular complexity index is 1420. The monoisotopic (exact) mass is 497 g/mol. The first-order chi connectivity index (χ1) is 17.9. The fourth-order valence-corrected chi connectivity index (χ4v) is 3.91. The number of para-hydroxylation sites is 1. The van der Waals surface area contributed by atoms with Crippen LogP contribution in [0.5, 0.6) is 11.5 Å². The number of methoxy groups -OCH3 is 1. The van der Waals surface area contributed by atoms with Crippen LogP contribution in [-0.4, -0.2) is 34.9 Å². The summed E-state index contributed by atoms with van der Waals surface area (Å²) in [5, 5.41) is 13.2. The predicted molar refractivity (Wildman–Crippen MR) is 141 cm³/mol. The van der Waals surface area contributed by atoms with Gasteiger partial charge in [0.2, 0.25) is 0 Å². The summed E-state index contributed by atoms with van der Waals surface area (Å²) < 4.78 is 13.5. The van der Waals surface area contributed by atoms with Gasteiger partial charge in [0.05, 0.1) is 18.9 Å². The van der Waals surface area contributed by atoms with Crippen molar-refractivity contribution in [2.75, 3.05) is 7.11 Å². The molecule has 4 rings (SSSR count). The molecule has 4 aromatic rings. The minimum atomic E-state index is -0.986. The van der Waals surface area contributed by atoms with E-state index >= 15 is 0 Å². The molecule has 0 aliphatic carbocycles. The summed E-state index contributed by atoms with van der Waals surface area (Å²) in [6.07, 6.45) is 1.49. The van der Waals surface area contributed by atoms with Gasteiger partial charge >= 0.3 is 5.97 Å². The molecule has 0 aliphatic heterocycles. The molecular formula is C29H27N3O5. The number of carboxylic acid groups (broad SMARTS) is 1. The van der Waals surface area contributed by atoms with Crippen LogP contribution in [0, 0.1) is 13.8 Å². The molecule has 188 valence electrons. The molecule has 0 saturated carbocycles. The van der Waals surface area contributed by atoms with E-state index < -0.39 is 5.97 Å². The van der Waals surface area contributed by atoms with E-state index in [9.17, 15) is 9.59 Å². The smallest absolute Gasteiger partial charge is 0.335 e. The third kappa shape index (κ3) is 5.87. The van der Waals surface area contributed by atoms with Crippen molar-refractivity contribution in [2.45, 2.75) is 20.5 Å². The third-order valence-electron chi connectivity index (χ3n) is 5.84. The fraction of sp³-hybridized carbons (Fsp3) is 0.138. The Balaban J connectivity index is 1.44. The van der Waals surface area contributed by atoms with Crippen molar-refractivity contribution >= 4 is 18.1 Å². The van der Waals surface area contributed by atoms with Crippen molar-refractivity contribution in [3.8, 4) is 17.2 Å². The summed E-state index contributed by atoms with van der Waals surface area (Å²) in [7, 11) is 1.53. The van der Waals surface area contributed by atoms with Crippen molar-refractivity contribution < 1.29 is 24.2 Å². The minimum absolute atomic E-state index is 0.195. The number of nitrogens with one attached hydrogen (secondary N) is 1. The van der Waals surface area contributed by atoms with E-state index in [0.29, 0.717) is 22.6 Å². The van der Waals surface area contributed by atoms with Gasteiger partial charge in [-0.15, -0.1) is 0 Å². The van der Waals surface area contributed by atoms with Crippen LogP contribution < -0.4 is 14.9 Å². The molecule has 3 aromatic carbocycles. The van der Waals surface area contributed by atoms with Crippen LogP contribution in [0.3, 0.4) is 0 Å². The number of carbonyl (C=O) groups is 2. The van der Waals surface area contributed by atoms with E-state index in [-0.39, 0.29) is 18.1 Å². The van der Waals surface area contributed by atoms with Gasteiger partial charge in [0, 0.05) is 28.2 Å². The molecule has 0 bridgehead atoms. The molecule has 8 nitrogen and oxygen atoms in total. The number of benzene rings is 3. The highest BCUT2D eigenvalue weighted by atomic mass is 16.5. The maximum Gasteiger partial charge on any atom is 0.335 e. The summed E-state index contributed by atoms with van der Waals surface area (Å²) in [6.45, 7) is 4.27. The maximum absolute atomic E-state index is 12.6. The van der Waals surface area contributed by atoms with Crippen LogP contribution in [0.4, 0.5) is 0 Å². The maximum atomic E-state index is 12.6. The molecule has 0 fully saturated rings. The van der Waals surface area contributed by atoms with Crippen LogP contribution >= 0.6 is 0 Å². The summed E-state index contributed by atoms with van der Waals surface area (Å²) >= 11 is 0. The second-order valence-corrected chi connectivity index (χ2v) is 8.37. The number of aryl methyl sites for hydroxylation is 2. The number of rotatable bonds is 9. The average molecular weight is 498 g/mol. The highest BCUT2D eigenvalue weighted by Crippen LogP contribution is 2.31. The predicted octanol–water partition coefficient (Wildman–Crippen LogP) is 5.14. The zero-order valence-electron chi connectivity index (χ0n) is 20.8. The first-order valence-electron chi connectivity index (χ1n) is 11.6. The summed E-state index contributed by atoms with van der Waals surface area (Å²) in [4.78, 5) is 23.7. The van der Waals surface area contributed by atoms with Gasteiger partial charge < -0.3 is 19.1 Å². The number of nitrogens with zero attached hydrogens (tertiary/aromatic N) is 2. The summed E-state index contributed by atoms with van der Waals surface area (Å²) in [6, 6.07) is 23.2. The molecule has 1 amide bonds. The van der Waals surface area contributed by atoms with E-state index in [1.165, 1.54) is 25.5 Å². The molecular weight excluding hydrogens is 470 g/mol. The number of amides is 1. The SMILES string of the molecule is COc1cccc(/C=N\NC(=O)c2ccc(-n3c(C)ccc3C)cc2)c1OCc1ccc(C(=O)O)cc1. The first kappa shape index (κ1) is 25.2. The number of aromatic carboxylic acids is 1. The van der Waals surface area contributed by atoms with Gasteiger partial charge in [-0.25, -0.2) is 10.2 Å². The number of carboxylic acids is 1. The molecule has 8 heteroatoms. The molecule has 0 unspecified atom stereocenters. The van der Waals surface area contributed by atoms with Crippen LogP contribution in [0.25, 0.3) is 5.69 Å². The molecule has 0 saturated heterocycles. The topological polar surface area (TPSA) is 102 Å². The van der Waals surface area contributed by atoms with E-state index in [2.05, 4.69) is 27.2 Å². The van der Waals surface area contributed by atoms with Crippen LogP contribution in [0.2, 0.25) is 0 Å². The lowest BCUT2D eigenvalue weighted by Crippen LogP contribution is -2.17. The van der Waals surface area contributed by atoms with Gasteiger partial charge in [0.25, 0.3) is 5.91 Å². The zero-order chi connectivity index (χ0) is 26.4. The molecule has 0 atom stereocenters. The molecule has 2 N–H and O–H groups in total. The second kappa shape index (κ2) is 11.3. The van der Waals surface area contributed by atoms with Crippen LogP contribution in [0.15, 0.2) is 84.0 Å². The lowest BCUT2D eigenvalue weighted by molar-refractivity contribution is 0.0696. The second-order valence-electron chi connectivity index (χ2n) is 8.37. The van der Waals surface area contributed by atoms with Gasteiger partial charge in [0.1, 0.15) is 6.61 Å². The van der Waals surface area contributed by atoms with E-state index in [4.69, 9.17) is 14.6 Å². The molecule has 1 heterocycles. The number of hydrogen-bond donors (Lipinski definition) is 2.